The number of halogens is 4. The Bertz CT molecular complexity index is 750. The summed E-state index contributed by atoms with van der Waals surface area (Å²) in [6.45, 7) is -4.06. The average Bonchev–Trinajstić information content (AvgIpc) is 2.68. The summed E-state index contributed by atoms with van der Waals surface area (Å²) in [7, 11) is 0. The van der Waals surface area contributed by atoms with E-state index >= 15 is 0 Å². The largest absolute Gasteiger partial charge is 0.508 e. The van der Waals surface area contributed by atoms with Crippen molar-refractivity contribution in [2.24, 2.45) is 0 Å². The lowest BCUT2D eigenvalue weighted by Crippen LogP contribution is -2.46. The Balaban J connectivity index is 3.14. The van der Waals surface area contributed by atoms with Crippen LogP contribution in [0.5, 0.6) is 11.5 Å². The van der Waals surface area contributed by atoms with Gasteiger partial charge in [0.1, 0.15) is 16.9 Å². The molecule has 160 valence electrons. The summed E-state index contributed by atoms with van der Waals surface area (Å²) >= 11 is 0. The van der Waals surface area contributed by atoms with Gasteiger partial charge in [0.05, 0.1) is 26.4 Å². The van der Waals surface area contributed by atoms with Crippen LogP contribution < -0.4 is 0 Å². The summed E-state index contributed by atoms with van der Waals surface area (Å²) in [5.74, 6) is -1.09. The molecule has 0 aromatic heterocycles. The number of phenols is 2. The summed E-state index contributed by atoms with van der Waals surface area (Å²) in [5, 5.41) is 57.9. The van der Waals surface area contributed by atoms with E-state index in [9.17, 15) is 48.2 Å². The maximum Gasteiger partial charge on any atom is 0.257 e. The fourth-order valence-electron chi connectivity index (χ4n) is 3.72. The van der Waals surface area contributed by atoms with Crippen LogP contribution in [0.25, 0.3) is 0 Å². The Labute approximate surface area is 162 Å². The minimum absolute atomic E-state index is 0.490. The van der Waals surface area contributed by atoms with Crippen molar-refractivity contribution in [3.05, 3.63) is 57.6 Å². The summed E-state index contributed by atoms with van der Waals surface area (Å²) in [6, 6.07) is 3.24. The second-order valence-electron chi connectivity index (χ2n) is 6.38. The van der Waals surface area contributed by atoms with E-state index < -0.39 is 89.6 Å². The van der Waals surface area contributed by atoms with E-state index in [-0.39, 0.29) is 0 Å². The van der Waals surface area contributed by atoms with Gasteiger partial charge < -0.3 is 30.6 Å². The normalized spacial score (nSPS) is 12.2. The molecule has 2 aromatic rings. The zero-order valence-corrected chi connectivity index (χ0v) is 15.0. The maximum atomic E-state index is 14.5. The van der Waals surface area contributed by atoms with Crippen molar-refractivity contribution in [1.29, 1.82) is 0 Å². The first kappa shape index (κ1) is 22.9. The van der Waals surface area contributed by atoms with Crippen LogP contribution in [0, 0.1) is 0 Å². The summed E-state index contributed by atoms with van der Waals surface area (Å²) in [6.07, 6.45) is -7.66. The molecule has 0 atom stereocenters. The van der Waals surface area contributed by atoms with Gasteiger partial charge in [-0.25, -0.2) is 17.6 Å². The van der Waals surface area contributed by atoms with Gasteiger partial charge in [-0.2, -0.15) is 0 Å². The Hall–Kier alpha value is -2.40. The van der Waals surface area contributed by atoms with Gasteiger partial charge in [-0.15, -0.1) is 0 Å². The molecule has 0 aliphatic rings. The minimum atomic E-state index is -3.83. The molecule has 0 aliphatic carbocycles. The maximum absolute atomic E-state index is 14.5. The number of hydrogen-bond acceptors (Lipinski definition) is 6. The van der Waals surface area contributed by atoms with Gasteiger partial charge in [0.25, 0.3) is 12.9 Å². The van der Waals surface area contributed by atoms with Crippen LogP contribution in [0.3, 0.4) is 0 Å². The molecule has 6 N–H and O–H groups in total. The fraction of sp³-hybridized carbons (Fsp3) is 0.368. The molecular formula is C19H20F4O6. The van der Waals surface area contributed by atoms with E-state index in [1.807, 2.05) is 0 Å². The molecule has 0 spiro atoms. The van der Waals surface area contributed by atoms with E-state index in [1.165, 1.54) is 0 Å². The first-order valence-electron chi connectivity index (χ1n) is 8.39. The number of aliphatic hydroxyl groups excluding tert-OH is 4. The van der Waals surface area contributed by atoms with Crippen molar-refractivity contribution >= 4 is 0 Å². The van der Waals surface area contributed by atoms with Gasteiger partial charge in [-0.3, -0.25) is 0 Å². The Morgan fingerprint density at radius 3 is 1.00 bits per heavy atom. The van der Waals surface area contributed by atoms with Gasteiger partial charge >= 0.3 is 0 Å². The van der Waals surface area contributed by atoms with E-state index in [1.54, 1.807) is 0 Å². The minimum Gasteiger partial charge on any atom is -0.508 e. The van der Waals surface area contributed by atoms with Crippen LogP contribution >= 0.6 is 0 Å². The molecule has 0 radical (unpaired) electrons. The molecule has 2 rings (SSSR count). The third-order valence-corrected chi connectivity index (χ3v) is 4.77. The molecular weight excluding hydrogens is 400 g/mol. The fourth-order valence-corrected chi connectivity index (χ4v) is 3.72. The third kappa shape index (κ3) is 3.76. The monoisotopic (exact) mass is 420 g/mol. The van der Waals surface area contributed by atoms with Crippen LogP contribution in [0.4, 0.5) is 17.6 Å². The first-order chi connectivity index (χ1) is 13.7. The van der Waals surface area contributed by atoms with Crippen molar-refractivity contribution in [1.82, 2.24) is 0 Å². The van der Waals surface area contributed by atoms with Gasteiger partial charge in [-0.05, 0) is 57.6 Å². The molecule has 0 aliphatic heterocycles. The number of benzene rings is 2. The molecule has 0 unspecified atom stereocenters. The first-order valence-corrected chi connectivity index (χ1v) is 8.39. The Morgan fingerprint density at radius 2 is 0.828 bits per heavy atom. The van der Waals surface area contributed by atoms with E-state index in [4.69, 9.17) is 0 Å². The van der Waals surface area contributed by atoms with Gasteiger partial charge in [0.2, 0.25) is 0 Å². The second kappa shape index (κ2) is 8.95. The van der Waals surface area contributed by atoms with Crippen molar-refractivity contribution in [2.75, 3.05) is 0 Å². The quantitative estimate of drug-likeness (QED) is 0.363. The van der Waals surface area contributed by atoms with E-state index in [0.717, 1.165) is 24.3 Å². The van der Waals surface area contributed by atoms with E-state index in [0.29, 0.717) is 0 Å². The molecule has 0 saturated heterocycles. The standard InChI is InChI=1S/C19H20F4O6/c20-17(21)19(18(22)23,15-9(5-24)1-13(28)2-10(15)6-25)16-11(7-26)3-14(29)4-12(16)8-27/h1-4,17-18,24-29H,5-8H2. The van der Waals surface area contributed by atoms with Gasteiger partial charge in [0, 0.05) is 0 Å². The molecule has 0 fully saturated rings. The summed E-state index contributed by atoms with van der Waals surface area (Å²) < 4.78 is 58.0. The van der Waals surface area contributed by atoms with Crippen LogP contribution in [0.15, 0.2) is 24.3 Å². The lowest BCUT2D eigenvalue weighted by molar-refractivity contribution is -0.0361. The zero-order valence-electron chi connectivity index (χ0n) is 15.0. The number of rotatable bonds is 8. The number of phenolic OH excluding ortho intramolecular Hbond substituents is 2. The zero-order chi connectivity index (χ0) is 21.9. The van der Waals surface area contributed by atoms with Crippen LogP contribution in [-0.2, 0) is 31.8 Å². The molecule has 0 heterocycles. The lowest BCUT2D eigenvalue weighted by Gasteiger charge is -2.38. The molecule has 0 bridgehead atoms. The van der Waals surface area contributed by atoms with Crippen molar-refractivity contribution < 1.29 is 48.2 Å². The average molecular weight is 420 g/mol. The number of alkyl halides is 4. The lowest BCUT2D eigenvalue weighted by atomic mass is 9.68. The van der Waals surface area contributed by atoms with Crippen LogP contribution in [0.2, 0.25) is 0 Å². The highest BCUT2D eigenvalue weighted by molar-refractivity contribution is 5.57. The summed E-state index contributed by atoms with van der Waals surface area (Å²) in [5.41, 5.74) is -7.12. The third-order valence-electron chi connectivity index (χ3n) is 4.77. The van der Waals surface area contributed by atoms with Crippen LogP contribution in [0.1, 0.15) is 33.4 Å². The molecule has 10 heteroatoms. The molecule has 6 nitrogen and oxygen atoms in total. The highest BCUT2D eigenvalue weighted by Crippen LogP contribution is 2.50. The number of aromatic hydroxyl groups is 2. The van der Waals surface area contributed by atoms with E-state index in [2.05, 4.69) is 0 Å². The predicted octanol–water partition coefficient (Wildman–Crippen LogP) is 1.88. The molecule has 0 saturated carbocycles. The topological polar surface area (TPSA) is 121 Å². The molecule has 2 aromatic carbocycles. The molecule has 0 amide bonds. The number of hydrogen-bond donors (Lipinski definition) is 6. The van der Waals surface area contributed by atoms with Gasteiger partial charge in [0.15, 0.2) is 0 Å². The van der Waals surface area contributed by atoms with Gasteiger partial charge in [-0.1, -0.05) is 0 Å². The van der Waals surface area contributed by atoms with Crippen molar-refractivity contribution in [3.63, 3.8) is 0 Å². The Kier molecular flexibility index (Phi) is 7.06. The van der Waals surface area contributed by atoms with Crippen molar-refractivity contribution in [3.8, 4) is 11.5 Å². The highest BCUT2D eigenvalue weighted by atomic mass is 19.3. The smallest absolute Gasteiger partial charge is 0.257 e. The predicted molar refractivity (Wildman–Crippen MR) is 92.7 cm³/mol. The van der Waals surface area contributed by atoms with Crippen LogP contribution in [-0.4, -0.2) is 43.5 Å². The van der Waals surface area contributed by atoms with Crippen molar-refractivity contribution in [2.45, 2.75) is 44.7 Å². The highest BCUT2D eigenvalue weighted by Gasteiger charge is 2.55. The second-order valence-corrected chi connectivity index (χ2v) is 6.38. The SMILES string of the molecule is OCc1cc(O)cc(CO)c1C(c1c(CO)cc(O)cc1CO)(C(F)F)C(F)F. The number of aliphatic hydroxyl groups is 4. The Morgan fingerprint density at radius 1 is 0.586 bits per heavy atom. The molecule has 29 heavy (non-hydrogen) atoms. The summed E-state index contributed by atoms with van der Waals surface area (Å²) in [4.78, 5) is 0.